The van der Waals surface area contributed by atoms with Gasteiger partial charge in [-0.25, -0.2) is 4.99 Å². The van der Waals surface area contributed by atoms with Crippen LogP contribution >= 0.6 is 11.6 Å². The lowest BCUT2D eigenvalue weighted by Gasteiger charge is -2.31. The van der Waals surface area contributed by atoms with E-state index in [2.05, 4.69) is 41.3 Å². The van der Waals surface area contributed by atoms with Crippen LogP contribution in [0.4, 0.5) is 5.69 Å². The number of benzene rings is 3. The van der Waals surface area contributed by atoms with Crippen LogP contribution in [0.15, 0.2) is 65.7 Å². The van der Waals surface area contributed by atoms with Gasteiger partial charge in [0.15, 0.2) is 11.5 Å². The zero-order valence-electron chi connectivity index (χ0n) is 15.6. The molecule has 2 aliphatic rings. The molecule has 28 heavy (non-hydrogen) atoms. The van der Waals surface area contributed by atoms with Gasteiger partial charge in [0, 0.05) is 28.8 Å². The Morgan fingerprint density at radius 2 is 1.71 bits per heavy atom. The molecule has 1 unspecified atom stereocenters. The van der Waals surface area contributed by atoms with Crippen LogP contribution in [0.5, 0.6) is 11.5 Å². The summed E-state index contributed by atoms with van der Waals surface area (Å²) in [6.07, 6.45) is 0. The molecule has 2 heterocycles. The predicted octanol–water partition coefficient (Wildman–Crippen LogP) is 5.35. The minimum absolute atomic E-state index is 0.0786. The molecule has 0 fully saturated rings. The van der Waals surface area contributed by atoms with Gasteiger partial charge < -0.3 is 14.4 Å². The highest BCUT2D eigenvalue weighted by atomic mass is 35.5. The summed E-state index contributed by atoms with van der Waals surface area (Å²) in [5.41, 5.74) is 5.56. The Balaban J connectivity index is 1.70. The van der Waals surface area contributed by atoms with Crippen molar-refractivity contribution >= 4 is 23.1 Å². The first kappa shape index (κ1) is 17.1. The molecule has 5 heteroatoms. The Morgan fingerprint density at radius 3 is 2.46 bits per heavy atom. The van der Waals surface area contributed by atoms with Crippen molar-refractivity contribution in [2.24, 2.45) is 4.99 Å². The number of fused-ring (bicyclic) bond motifs is 4. The second kappa shape index (κ2) is 6.57. The van der Waals surface area contributed by atoms with Crippen LogP contribution < -0.4 is 9.47 Å². The zero-order valence-corrected chi connectivity index (χ0v) is 16.4. The van der Waals surface area contributed by atoms with Crippen molar-refractivity contribution in [3.05, 3.63) is 87.9 Å². The van der Waals surface area contributed by atoms with E-state index in [0.29, 0.717) is 5.75 Å². The Kier molecular flexibility index (Phi) is 4.02. The molecular formula is C23H19ClN2O2. The van der Waals surface area contributed by atoms with Crippen LogP contribution in [0, 0.1) is 0 Å². The SMILES string of the molecule is COc1cc2c(cc1OC)N=C1c3ccc(Cl)cc3C(c3ccccc3)N1C2. The van der Waals surface area contributed by atoms with Crippen LogP contribution in [0.2, 0.25) is 5.02 Å². The minimum Gasteiger partial charge on any atom is -0.493 e. The molecule has 0 amide bonds. The smallest absolute Gasteiger partial charge is 0.162 e. The van der Waals surface area contributed by atoms with Gasteiger partial charge in [0.1, 0.15) is 5.84 Å². The quantitative estimate of drug-likeness (QED) is 0.604. The highest BCUT2D eigenvalue weighted by molar-refractivity contribution is 6.30. The Morgan fingerprint density at radius 1 is 0.964 bits per heavy atom. The van der Waals surface area contributed by atoms with E-state index in [-0.39, 0.29) is 6.04 Å². The molecule has 1 atom stereocenters. The predicted molar refractivity (Wildman–Crippen MR) is 111 cm³/mol. The maximum Gasteiger partial charge on any atom is 0.162 e. The van der Waals surface area contributed by atoms with Crippen molar-refractivity contribution in [3.63, 3.8) is 0 Å². The summed E-state index contributed by atoms with van der Waals surface area (Å²) in [5, 5.41) is 0.737. The molecule has 140 valence electrons. The number of hydrogen-bond donors (Lipinski definition) is 0. The summed E-state index contributed by atoms with van der Waals surface area (Å²) in [4.78, 5) is 7.34. The average molecular weight is 391 g/mol. The standard InChI is InChI=1S/C23H19ClN2O2/c1-27-20-10-15-13-26-22(14-6-4-3-5-7-14)18-11-16(24)8-9-17(18)23(26)25-19(15)12-21(20)28-2/h3-12,22H,13H2,1-2H3. The van der Waals surface area contributed by atoms with Gasteiger partial charge in [-0.15, -0.1) is 0 Å². The molecular weight excluding hydrogens is 372 g/mol. The maximum absolute atomic E-state index is 6.35. The van der Waals surface area contributed by atoms with E-state index in [1.807, 2.05) is 24.3 Å². The molecule has 5 rings (SSSR count). The van der Waals surface area contributed by atoms with Crippen LogP contribution in [0.3, 0.4) is 0 Å². The lowest BCUT2D eigenvalue weighted by Crippen LogP contribution is -2.31. The molecule has 0 spiro atoms. The molecule has 0 aliphatic carbocycles. The van der Waals surface area contributed by atoms with Gasteiger partial charge in [-0.2, -0.15) is 0 Å². The summed E-state index contributed by atoms with van der Waals surface area (Å²) in [5.74, 6) is 2.38. The fraction of sp³-hybridized carbons (Fsp3) is 0.174. The summed E-state index contributed by atoms with van der Waals surface area (Å²) in [6.45, 7) is 0.736. The van der Waals surface area contributed by atoms with E-state index in [9.17, 15) is 0 Å². The van der Waals surface area contributed by atoms with E-state index in [0.717, 1.165) is 40.0 Å². The molecule has 4 nitrogen and oxygen atoms in total. The molecule has 3 aromatic carbocycles. The van der Waals surface area contributed by atoms with Gasteiger partial charge >= 0.3 is 0 Å². The normalized spacial score (nSPS) is 16.8. The first-order chi connectivity index (χ1) is 13.7. The second-order valence-corrected chi connectivity index (χ2v) is 7.38. The largest absolute Gasteiger partial charge is 0.493 e. The van der Waals surface area contributed by atoms with E-state index in [1.54, 1.807) is 14.2 Å². The number of methoxy groups -OCH3 is 2. The van der Waals surface area contributed by atoms with Crippen molar-refractivity contribution in [3.8, 4) is 11.5 Å². The van der Waals surface area contributed by atoms with Crippen molar-refractivity contribution in [1.29, 1.82) is 0 Å². The van der Waals surface area contributed by atoms with Gasteiger partial charge in [0.2, 0.25) is 0 Å². The van der Waals surface area contributed by atoms with Crippen LogP contribution in [-0.4, -0.2) is 25.0 Å². The van der Waals surface area contributed by atoms with Crippen LogP contribution in [0.25, 0.3) is 0 Å². The lowest BCUT2D eigenvalue weighted by atomic mass is 9.98. The molecule has 0 bridgehead atoms. The number of rotatable bonds is 3. The third kappa shape index (κ3) is 2.56. The summed E-state index contributed by atoms with van der Waals surface area (Å²) in [6, 6.07) is 20.6. The molecule has 2 aliphatic heterocycles. The maximum atomic E-state index is 6.35. The number of amidine groups is 1. The summed E-state index contributed by atoms with van der Waals surface area (Å²) in [7, 11) is 3.30. The van der Waals surface area contributed by atoms with Crippen molar-refractivity contribution in [1.82, 2.24) is 4.90 Å². The first-order valence-corrected chi connectivity index (χ1v) is 9.52. The molecule has 3 aromatic rings. The van der Waals surface area contributed by atoms with Crippen LogP contribution in [-0.2, 0) is 6.54 Å². The van der Waals surface area contributed by atoms with E-state index in [1.165, 1.54) is 11.1 Å². The van der Waals surface area contributed by atoms with Gasteiger partial charge in [-0.1, -0.05) is 41.9 Å². The second-order valence-electron chi connectivity index (χ2n) is 6.94. The van der Waals surface area contributed by atoms with Crippen LogP contribution in [0.1, 0.15) is 28.3 Å². The summed E-state index contributed by atoms with van der Waals surface area (Å²) >= 11 is 6.35. The Hall–Kier alpha value is -2.98. The fourth-order valence-corrected chi connectivity index (χ4v) is 4.31. The van der Waals surface area contributed by atoms with Crippen molar-refractivity contribution in [2.75, 3.05) is 14.2 Å². The number of nitrogens with zero attached hydrogens (tertiary/aromatic N) is 2. The number of halogens is 1. The average Bonchev–Trinajstić information content (AvgIpc) is 3.03. The van der Waals surface area contributed by atoms with E-state index < -0.39 is 0 Å². The van der Waals surface area contributed by atoms with E-state index >= 15 is 0 Å². The van der Waals surface area contributed by atoms with Crippen molar-refractivity contribution < 1.29 is 9.47 Å². The molecule has 0 aromatic heterocycles. The topological polar surface area (TPSA) is 34.1 Å². The lowest BCUT2D eigenvalue weighted by molar-refractivity contribution is 0.346. The number of aliphatic imine (C=N–C) groups is 1. The fourth-order valence-electron chi connectivity index (χ4n) is 4.13. The van der Waals surface area contributed by atoms with Crippen molar-refractivity contribution in [2.45, 2.75) is 12.6 Å². The molecule has 0 saturated heterocycles. The van der Waals surface area contributed by atoms with Gasteiger partial charge in [-0.05, 0) is 35.4 Å². The van der Waals surface area contributed by atoms with Gasteiger partial charge in [0.05, 0.1) is 25.9 Å². The Labute approximate surface area is 169 Å². The highest BCUT2D eigenvalue weighted by Gasteiger charge is 2.38. The highest BCUT2D eigenvalue weighted by Crippen LogP contribution is 2.46. The molecule has 0 saturated carbocycles. The summed E-state index contributed by atoms with van der Waals surface area (Å²) < 4.78 is 11.0. The van der Waals surface area contributed by atoms with E-state index in [4.69, 9.17) is 26.1 Å². The zero-order chi connectivity index (χ0) is 19.3. The third-order valence-corrected chi connectivity index (χ3v) is 5.64. The van der Waals surface area contributed by atoms with Gasteiger partial charge in [-0.3, -0.25) is 0 Å². The van der Waals surface area contributed by atoms with Gasteiger partial charge in [0.25, 0.3) is 0 Å². The first-order valence-electron chi connectivity index (χ1n) is 9.14. The monoisotopic (exact) mass is 390 g/mol. The molecule has 0 N–H and O–H groups in total. The minimum atomic E-state index is 0.0786. The third-order valence-electron chi connectivity index (χ3n) is 5.40. The Bertz CT molecular complexity index is 1100. The number of hydrogen-bond acceptors (Lipinski definition) is 4. The number of ether oxygens (including phenoxy) is 2. The molecule has 0 radical (unpaired) electrons.